The summed E-state index contributed by atoms with van der Waals surface area (Å²) in [5.74, 6) is 0. The average Bonchev–Trinajstić information content (AvgIpc) is 2.87. The molecule has 0 aromatic rings. The van der Waals surface area contributed by atoms with E-state index < -0.39 is 0 Å². The number of likely N-dealkylation sites (tertiary alicyclic amines) is 1. The summed E-state index contributed by atoms with van der Waals surface area (Å²) in [6.07, 6.45) is 4.13. The monoisotopic (exact) mass is 227 g/mol. The maximum Gasteiger partial charge on any atom is 0.407 e. The van der Waals surface area contributed by atoms with Gasteiger partial charge in [-0.25, -0.2) is 4.79 Å². The molecule has 0 radical (unpaired) electrons. The molecule has 0 aromatic heterocycles. The molecule has 16 heavy (non-hydrogen) atoms. The third-order valence-corrected chi connectivity index (χ3v) is 3.69. The third kappa shape index (κ3) is 2.65. The molecule has 1 aliphatic carbocycles. The van der Waals surface area contributed by atoms with Crippen LogP contribution in [-0.4, -0.2) is 49.3 Å². The molecule has 1 saturated heterocycles. The zero-order valence-corrected chi connectivity index (χ0v) is 9.82. The number of hydrogen-bond acceptors (Lipinski definition) is 4. The smallest absolute Gasteiger partial charge is 0.407 e. The summed E-state index contributed by atoms with van der Waals surface area (Å²) in [4.78, 5) is 13.5. The van der Waals surface area contributed by atoms with Gasteiger partial charge in [0.2, 0.25) is 0 Å². The molecule has 3 unspecified atom stereocenters. The van der Waals surface area contributed by atoms with Gasteiger partial charge in [-0.3, -0.25) is 4.90 Å². The van der Waals surface area contributed by atoms with E-state index in [0.717, 1.165) is 32.4 Å². The molecule has 5 heteroatoms. The van der Waals surface area contributed by atoms with Gasteiger partial charge in [0.05, 0.1) is 7.11 Å². The Morgan fingerprint density at radius 2 is 2.25 bits per heavy atom. The summed E-state index contributed by atoms with van der Waals surface area (Å²) in [7, 11) is 1.40. The standard InChI is InChI=1S/C11H21N3O2/c1-16-11(15)13-9-4-5-14(7-9)10-3-2-8(12)6-10/h8-10H,2-7,12H2,1H3,(H,13,15). The second-order valence-electron chi connectivity index (χ2n) is 4.84. The van der Waals surface area contributed by atoms with E-state index in [9.17, 15) is 4.79 Å². The first kappa shape index (κ1) is 11.7. The Hall–Kier alpha value is -0.810. The molecule has 0 bridgehead atoms. The van der Waals surface area contributed by atoms with E-state index in [-0.39, 0.29) is 12.1 Å². The van der Waals surface area contributed by atoms with Crippen LogP contribution in [-0.2, 0) is 4.74 Å². The Bertz CT molecular complexity index is 260. The van der Waals surface area contributed by atoms with Gasteiger partial charge in [-0.2, -0.15) is 0 Å². The highest BCUT2D eigenvalue weighted by molar-refractivity contribution is 5.67. The molecule has 3 atom stereocenters. The van der Waals surface area contributed by atoms with Crippen LogP contribution in [0.3, 0.4) is 0 Å². The lowest BCUT2D eigenvalue weighted by molar-refractivity contribution is 0.165. The van der Waals surface area contributed by atoms with Crippen molar-refractivity contribution in [1.29, 1.82) is 0 Å². The molecular formula is C11H21N3O2. The van der Waals surface area contributed by atoms with E-state index in [1.807, 2.05) is 0 Å². The van der Waals surface area contributed by atoms with E-state index in [1.165, 1.54) is 13.5 Å². The summed E-state index contributed by atoms with van der Waals surface area (Å²) in [6, 6.07) is 1.24. The predicted molar refractivity (Wildman–Crippen MR) is 61.1 cm³/mol. The summed E-state index contributed by atoms with van der Waals surface area (Å²) < 4.78 is 4.60. The minimum absolute atomic E-state index is 0.240. The van der Waals surface area contributed by atoms with Crippen molar-refractivity contribution < 1.29 is 9.53 Å². The first-order valence-electron chi connectivity index (χ1n) is 6.03. The number of alkyl carbamates (subject to hydrolysis) is 1. The van der Waals surface area contributed by atoms with Gasteiger partial charge >= 0.3 is 6.09 Å². The molecule has 2 aliphatic rings. The first-order chi connectivity index (χ1) is 7.69. The normalized spacial score (nSPS) is 35.2. The number of methoxy groups -OCH3 is 1. The largest absolute Gasteiger partial charge is 0.453 e. The third-order valence-electron chi connectivity index (χ3n) is 3.69. The average molecular weight is 227 g/mol. The second kappa shape index (κ2) is 5.01. The molecule has 3 N–H and O–H groups in total. The second-order valence-corrected chi connectivity index (χ2v) is 4.84. The molecule has 1 aliphatic heterocycles. The van der Waals surface area contributed by atoms with Crippen LogP contribution in [0.2, 0.25) is 0 Å². The molecule has 1 heterocycles. The maximum absolute atomic E-state index is 11.1. The fourth-order valence-corrected chi connectivity index (χ4v) is 2.79. The Labute approximate surface area is 96.3 Å². The number of rotatable bonds is 2. The van der Waals surface area contributed by atoms with Crippen LogP contribution in [0.5, 0.6) is 0 Å². The Kier molecular flexibility index (Phi) is 3.66. The zero-order valence-electron chi connectivity index (χ0n) is 9.82. The molecule has 5 nitrogen and oxygen atoms in total. The van der Waals surface area contributed by atoms with Gasteiger partial charge in [0, 0.05) is 31.2 Å². The maximum atomic E-state index is 11.1. The van der Waals surface area contributed by atoms with Gasteiger partial charge in [0.1, 0.15) is 0 Å². The molecule has 0 spiro atoms. The fourth-order valence-electron chi connectivity index (χ4n) is 2.79. The van der Waals surface area contributed by atoms with Gasteiger partial charge in [-0.05, 0) is 25.7 Å². The zero-order chi connectivity index (χ0) is 11.5. The van der Waals surface area contributed by atoms with Gasteiger partial charge in [0.25, 0.3) is 0 Å². The lowest BCUT2D eigenvalue weighted by Crippen LogP contribution is -2.39. The van der Waals surface area contributed by atoms with Crippen molar-refractivity contribution in [2.24, 2.45) is 5.73 Å². The van der Waals surface area contributed by atoms with Gasteiger partial charge in [-0.1, -0.05) is 0 Å². The Morgan fingerprint density at radius 3 is 2.88 bits per heavy atom. The van der Waals surface area contributed by atoms with Crippen LogP contribution in [0.15, 0.2) is 0 Å². The van der Waals surface area contributed by atoms with Gasteiger partial charge < -0.3 is 15.8 Å². The molecule has 1 saturated carbocycles. The number of carbonyl (C=O) groups excluding carboxylic acids is 1. The van der Waals surface area contributed by atoms with Crippen molar-refractivity contribution in [1.82, 2.24) is 10.2 Å². The number of carbonyl (C=O) groups is 1. The van der Waals surface area contributed by atoms with Crippen molar-refractivity contribution in [2.45, 2.75) is 43.8 Å². The summed E-state index contributed by atoms with van der Waals surface area (Å²) in [6.45, 7) is 2.00. The highest BCUT2D eigenvalue weighted by Gasteiger charge is 2.32. The Balaban J connectivity index is 1.77. The van der Waals surface area contributed by atoms with Crippen LogP contribution in [0.4, 0.5) is 4.79 Å². The van der Waals surface area contributed by atoms with E-state index in [2.05, 4.69) is 15.0 Å². The molecular weight excluding hydrogens is 206 g/mol. The molecule has 92 valence electrons. The van der Waals surface area contributed by atoms with Crippen LogP contribution in [0.25, 0.3) is 0 Å². The van der Waals surface area contributed by atoms with Crippen molar-refractivity contribution in [3.8, 4) is 0 Å². The van der Waals surface area contributed by atoms with Crippen molar-refractivity contribution in [2.75, 3.05) is 20.2 Å². The molecule has 1 amide bonds. The summed E-state index contributed by atoms with van der Waals surface area (Å²) >= 11 is 0. The number of nitrogens with two attached hydrogens (primary N) is 1. The summed E-state index contributed by atoms with van der Waals surface area (Å²) in [5, 5.41) is 2.86. The van der Waals surface area contributed by atoms with Gasteiger partial charge in [-0.15, -0.1) is 0 Å². The van der Waals surface area contributed by atoms with Crippen LogP contribution in [0, 0.1) is 0 Å². The number of ether oxygens (including phenoxy) is 1. The fraction of sp³-hybridized carbons (Fsp3) is 0.909. The minimum Gasteiger partial charge on any atom is -0.453 e. The SMILES string of the molecule is COC(=O)NC1CCN(C2CCC(N)C2)C1. The number of amides is 1. The van der Waals surface area contributed by atoms with Crippen LogP contribution < -0.4 is 11.1 Å². The van der Waals surface area contributed by atoms with Crippen LogP contribution >= 0.6 is 0 Å². The quantitative estimate of drug-likeness (QED) is 0.712. The lowest BCUT2D eigenvalue weighted by atomic mass is 10.2. The topological polar surface area (TPSA) is 67.6 Å². The summed E-state index contributed by atoms with van der Waals surface area (Å²) in [5.41, 5.74) is 5.91. The minimum atomic E-state index is -0.324. The lowest BCUT2D eigenvalue weighted by Gasteiger charge is -2.23. The number of hydrogen-bond donors (Lipinski definition) is 2. The van der Waals surface area contributed by atoms with Crippen LogP contribution in [0.1, 0.15) is 25.7 Å². The van der Waals surface area contributed by atoms with E-state index in [1.54, 1.807) is 0 Å². The van der Waals surface area contributed by atoms with E-state index in [4.69, 9.17) is 5.73 Å². The predicted octanol–water partition coefficient (Wildman–Crippen LogP) is 0.297. The molecule has 2 fully saturated rings. The van der Waals surface area contributed by atoms with E-state index >= 15 is 0 Å². The van der Waals surface area contributed by atoms with E-state index in [0.29, 0.717) is 12.1 Å². The van der Waals surface area contributed by atoms with Gasteiger partial charge in [0.15, 0.2) is 0 Å². The molecule has 0 aromatic carbocycles. The molecule has 2 rings (SSSR count). The Morgan fingerprint density at radius 1 is 1.44 bits per heavy atom. The van der Waals surface area contributed by atoms with Crippen molar-refractivity contribution in [3.63, 3.8) is 0 Å². The highest BCUT2D eigenvalue weighted by Crippen LogP contribution is 2.26. The van der Waals surface area contributed by atoms with Crippen molar-refractivity contribution >= 4 is 6.09 Å². The highest BCUT2D eigenvalue weighted by atomic mass is 16.5. The first-order valence-corrected chi connectivity index (χ1v) is 6.03. The van der Waals surface area contributed by atoms with Crippen molar-refractivity contribution in [3.05, 3.63) is 0 Å². The number of nitrogens with zero attached hydrogens (tertiary/aromatic N) is 1. The number of nitrogens with one attached hydrogen (secondary N) is 1.